The van der Waals surface area contributed by atoms with Crippen molar-refractivity contribution in [3.05, 3.63) is 203 Å². The summed E-state index contributed by atoms with van der Waals surface area (Å²) in [6.45, 7) is 4.30. The molecule has 0 aliphatic heterocycles. The molecule has 1 unspecified atom stereocenters. The largest absolute Gasteiger partial charge is 0.460 e. The number of hydrogen-bond donors (Lipinski definition) is 0. The van der Waals surface area contributed by atoms with E-state index in [9.17, 15) is 0 Å². The van der Waals surface area contributed by atoms with Crippen LogP contribution in [0.15, 0.2) is 168 Å². The van der Waals surface area contributed by atoms with Gasteiger partial charge in [0.1, 0.15) is 11.3 Å². The number of aromatic nitrogens is 1. The van der Waals surface area contributed by atoms with E-state index in [0.717, 1.165) is 46.2 Å². The van der Waals surface area contributed by atoms with Crippen molar-refractivity contribution in [1.29, 1.82) is 0 Å². The maximum Gasteiger partial charge on any atom is 0.134 e. The molecule has 1 atom stereocenters. The number of allylic oxidation sites excluding steroid dienone is 3. The second-order valence-electron chi connectivity index (χ2n) is 14.4. The van der Waals surface area contributed by atoms with E-state index in [2.05, 4.69) is 193 Å². The van der Waals surface area contributed by atoms with E-state index in [1.165, 1.54) is 55.2 Å². The molecule has 0 radical (unpaired) electrons. The average molecular weight is 695 g/mol. The zero-order valence-electron chi connectivity index (χ0n) is 30.3. The van der Waals surface area contributed by atoms with E-state index >= 15 is 0 Å². The van der Waals surface area contributed by atoms with Gasteiger partial charge in [-0.1, -0.05) is 97.1 Å². The smallest absolute Gasteiger partial charge is 0.134 e. The van der Waals surface area contributed by atoms with Crippen LogP contribution in [0.3, 0.4) is 0 Å². The summed E-state index contributed by atoms with van der Waals surface area (Å²) in [7, 11) is 0. The van der Waals surface area contributed by atoms with Crippen LogP contribution < -0.4 is 4.90 Å². The van der Waals surface area contributed by atoms with Gasteiger partial charge in [0.15, 0.2) is 0 Å². The zero-order valence-corrected chi connectivity index (χ0v) is 30.3. The standard InChI is InChI=1S/C51H38N2O/c1-34-11-8-13-41(31-34)52(40-28-23-37(24-29-40)43-17-10-18-46-45-16-6-7-20-50(45)54-51(43)46)39-26-21-36(22-27-39)38-25-30-49-47(33-38)44-15-4-3-5-19-48(44)53(49)42-14-9-12-35(2)32-42/h3-4,6-16,18-33,43H,17H2,1-2H3. The van der Waals surface area contributed by atoms with Crippen molar-refractivity contribution in [3.8, 4) is 16.8 Å². The highest BCUT2D eigenvalue weighted by Gasteiger charge is 2.25. The SMILES string of the molecule is Cc1cccc(N(c2ccc(-c3ccc4c(c3)c3c(n4-c4cccc(C)c4)C=C=CC=C3)cc2)c2ccc(C3CC=Cc4c3oc3ccccc43)cc2)c1. The fourth-order valence-corrected chi connectivity index (χ4v) is 8.31. The van der Waals surface area contributed by atoms with E-state index in [0.29, 0.717) is 0 Å². The molecule has 0 bridgehead atoms. The molecule has 0 amide bonds. The second kappa shape index (κ2) is 13.0. The third kappa shape index (κ3) is 5.46. The lowest BCUT2D eigenvalue weighted by molar-refractivity contribution is 0.517. The molecule has 2 aromatic heterocycles. The molecule has 0 fully saturated rings. The van der Waals surface area contributed by atoms with Gasteiger partial charge in [-0.15, -0.1) is 5.73 Å². The Balaban J connectivity index is 1.01. The third-order valence-corrected chi connectivity index (χ3v) is 10.9. The Kier molecular flexibility index (Phi) is 7.68. The van der Waals surface area contributed by atoms with Crippen LogP contribution in [0.1, 0.15) is 51.6 Å². The van der Waals surface area contributed by atoms with Crippen molar-refractivity contribution >= 4 is 57.2 Å². The molecule has 0 saturated carbocycles. The number of aryl methyl sites for hydroxylation is 2. The summed E-state index contributed by atoms with van der Waals surface area (Å²) >= 11 is 0. The summed E-state index contributed by atoms with van der Waals surface area (Å²) in [5, 5.41) is 2.41. The van der Waals surface area contributed by atoms with Crippen LogP contribution in [0.2, 0.25) is 0 Å². The first-order valence-corrected chi connectivity index (χ1v) is 18.7. The molecule has 10 rings (SSSR count). The fourth-order valence-electron chi connectivity index (χ4n) is 8.31. The van der Waals surface area contributed by atoms with Gasteiger partial charge in [0, 0.05) is 56.6 Å². The molecule has 3 heteroatoms. The molecule has 0 saturated heterocycles. The minimum Gasteiger partial charge on any atom is -0.460 e. The molecule has 0 N–H and O–H groups in total. The lowest BCUT2D eigenvalue weighted by Gasteiger charge is -2.27. The van der Waals surface area contributed by atoms with Crippen molar-refractivity contribution in [2.24, 2.45) is 0 Å². The van der Waals surface area contributed by atoms with Crippen LogP contribution in [-0.2, 0) is 0 Å². The third-order valence-electron chi connectivity index (χ3n) is 10.9. The highest BCUT2D eigenvalue weighted by Crippen LogP contribution is 2.43. The van der Waals surface area contributed by atoms with Gasteiger partial charge < -0.3 is 13.9 Å². The molecule has 3 nitrogen and oxygen atoms in total. The molecule has 54 heavy (non-hydrogen) atoms. The summed E-state index contributed by atoms with van der Waals surface area (Å²) in [5.41, 5.74) is 19.6. The van der Waals surface area contributed by atoms with Gasteiger partial charge in [-0.3, -0.25) is 0 Å². The van der Waals surface area contributed by atoms with Crippen LogP contribution in [-0.4, -0.2) is 4.57 Å². The number of benzene rings is 6. The number of nitrogens with zero attached hydrogens (tertiary/aromatic N) is 2. The summed E-state index contributed by atoms with van der Waals surface area (Å²) in [6, 6.07) is 50.7. The van der Waals surface area contributed by atoms with Crippen LogP contribution in [0.4, 0.5) is 17.1 Å². The van der Waals surface area contributed by atoms with Crippen molar-refractivity contribution in [1.82, 2.24) is 4.57 Å². The Morgan fingerprint density at radius 3 is 2.22 bits per heavy atom. The number of para-hydroxylation sites is 1. The van der Waals surface area contributed by atoms with Gasteiger partial charge in [-0.2, -0.15) is 0 Å². The second-order valence-corrected chi connectivity index (χ2v) is 14.4. The Hall–Kier alpha value is -6.80. The summed E-state index contributed by atoms with van der Waals surface area (Å²) in [4.78, 5) is 2.35. The predicted molar refractivity (Wildman–Crippen MR) is 226 cm³/mol. The van der Waals surface area contributed by atoms with E-state index in [-0.39, 0.29) is 5.92 Å². The van der Waals surface area contributed by atoms with E-state index in [1.807, 2.05) is 12.1 Å². The van der Waals surface area contributed by atoms with Gasteiger partial charge in [-0.05, 0) is 121 Å². The Morgan fingerprint density at radius 1 is 0.648 bits per heavy atom. The summed E-state index contributed by atoms with van der Waals surface area (Å²) in [5.74, 6) is 1.24. The first-order chi connectivity index (χ1) is 26.6. The highest BCUT2D eigenvalue weighted by atomic mass is 16.3. The van der Waals surface area contributed by atoms with E-state index in [4.69, 9.17) is 4.42 Å². The monoisotopic (exact) mass is 694 g/mol. The van der Waals surface area contributed by atoms with Crippen LogP contribution in [0.5, 0.6) is 0 Å². The molecule has 258 valence electrons. The van der Waals surface area contributed by atoms with Gasteiger partial charge in [-0.25, -0.2) is 0 Å². The van der Waals surface area contributed by atoms with Crippen molar-refractivity contribution in [2.75, 3.05) is 4.90 Å². The zero-order chi connectivity index (χ0) is 36.2. The number of hydrogen-bond acceptors (Lipinski definition) is 2. The van der Waals surface area contributed by atoms with Crippen LogP contribution in [0.25, 0.3) is 56.9 Å². The quantitative estimate of drug-likeness (QED) is 0.162. The van der Waals surface area contributed by atoms with Gasteiger partial charge in [0.25, 0.3) is 0 Å². The van der Waals surface area contributed by atoms with E-state index < -0.39 is 0 Å². The minimum atomic E-state index is 0.182. The number of rotatable bonds is 6. The average Bonchev–Trinajstić information content (AvgIpc) is 3.63. The Morgan fingerprint density at radius 2 is 1.41 bits per heavy atom. The number of furan rings is 1. The first kappa shape index (κ1) is 31.9. The minimum absolute atomic E-state index is 0.182. The maximum absolute atomic E-state index is 6.44. The molecule has 0 spiro atoms. The molecule has 8 aromatic rings. The van der Waals surface area contributed by atoms with Crippen molar-refractivity contribution in [2.45, 2.75) is 26.2 Å². The molecule has 6 aromatic carbocycles. The highest BCUT2D eigenvalue weighted by molar-refractivity contribution is 5.98. The maximum atomic E-state index is 6.44. The molecule has 2 heterocycles. The molecular formula is C51H38N2O. The molecular weight excluding hydrogens is 657 g/mol. The number of anilines is 3. The Labute approximate surface area is 315 Å². The lowest BCUT2D eigenvalue weighted by atomic mass is 9.86. The van der Waals surface area contributed by atoms with Gasteiger partial charge >= 0.3 is 0 Å². The lowest BCUT2D eigenvalue weighted by Crippen LogP contribution is -2.10. The van der Waals surface area contributed by atoms with E-state index in [1.54, 1.807) is 0 Å². The summed E-state index contributed by atoms with van der Waals surface area (Å²) < 4.78 is 8.80. The summed E-state index contributed by atoms with van der Waals surface area (Å²) in [6.07, 6.45) is 13.8. The predicted octanol–water partition coefficient (Wildman–Crippen LogP) is 13.9. The van der Waals surface area contributed by atoms with Crippen LogP contribution in [0, 0.1) is 13.8 Å². The number of fused-ring (bicyclic) bond motifs is 6. The molecule has 2 aliphatic rings. The van der Waals surface area contributed by atoms with Crippen molar-refractivity contribution < 1.29 is 4.42 Å². The normalized spacial score (nSPS) is 14.4. The van der Waals surface area contributed by atoms with Gasteiger partial charge in [0.05, 0.1) is 11.2 Å². The molecule has 2 aliphatic carbocycles. The van der Waals surface area contributed by atoms with Crippen molar-refractivity contribution in [3.63, 3.8) is 0 Å². The van der Waals surface area contributed by atoms with Crippen LogP contribution >= 0.6 is 0 Å². The first-order valence-electron chi connectivity index (χ1n) is 18.7. The van der Waals surface area contributed by atoms with Gasteiger partial charge in [0.2, 0.25) is 0 Å². The fraction of sp³-hybridized carbons (Fsp3) is 0.0784. The Bertz CT molecular complexity index is 2850. The topological polar surface area (TPSA) is 21.3 Å².